The first kappa shape index (κ1) is 10.4. The summed E-state index contributed by atoms with van der Waals surface area (Å²) in [5.74, 6) is 3.48. The maximum atomic E-state index is 3.57. The zero-order valence-corrected chi connectivity index (χ0v) is 9.12. The Labute approximate surface area is 80.7 Å². The van der Waals surface area contributed by atoms with Crippen molar-refractivity contribution in [3.8, 4) is 0 Å². The summed E-state index contributed by atoms with van der Waals surface area (Å²) in [5.41, 5.74) is 0. The van der Waals surface area contributed by atoms with Gasteiger partial charge in [0.05, 0.1) is 0 Å². The van der Waals surface area contributed by atoms with Crippen LogP contribution in [0.5, 0.6) is 0 Å². The molecule has 0 amide bonds. The minimum atomic E-state index is 0.808. The van der Waals surface area contributed by atoms with E-state index in [2.05, 4.69) is 30.9 Å². The Kier molecular flexibility index (Phi) is 5.08. The SMILES string of the molecule is CC(C)CSC[C@@H]1CCCCN1. The molecule has 1 heterocycles. The molecular formula is C10H21NS. The first-order chi connectivity index (χ1) is 5.79. The average molecular weight is 187 g/mol. The molecule has 0 unspecified atom stereocenters. The van der Waals surface area contributed by atoms with Crippen LogP contribution in [-0.2, 0) is 0 Å². The lowest BCUT2D eigenvalue weighted by molar-refractivity contribution is 0.429. The van der Waals surface area contributed by atoms with Crippen LogP contribution >= 0.6 is 11.8 Å². The van der Waals surface area contributed by atoms with Crippen LogP contribution in [0.2, 0.25) is 0 Å². The van der Waals surface area contributed by atoms with E-state index in [4.69, 9.17) is 0 Å². The molecule has 0 aliphatic carbocycles. The molecule has 0 aromatic heterocycles. The van der Waals surface area contributed by atoms with Gasteiger partial charge in [-0.05, 0) is 31.1 Å². The summed E-state index contributed by atoms with van der Waals surface area (Å²) in [6.07, 6.45) is 4.20. The van der Waals surface area contributed by atoms with Gasteiger partial charge in [0.1, 0.15) is 0 Å². The van der Waals surface area contributed by atoms with Crippen LogP contribution in [0.4, 0.5) is 0 Å². The predicted molar refractivity (Wildman–Crippen MR) is 57.8 cm³/mol. The molecule has 1 saturated heterocycles. The highest BCUT2D eigenvalue weighted by atomic mass is 32.2. The van der Waals surface area contributed by atoms with Crippen LogP contribution in [0.15, 0.2) is 0 Å². The molecule has 0 saturated carbocycles. The lowest BCUT2D eigenvalue weighted by Crippen LogP contribution is -2.35. The summed E-state index contributed by atoms with van der Waals surface area (Å²) in [5, 5.41) is 3.57. The minimum Gasteiger partial charge on any atom is -0.313 e. The summed E-state index contributed by atoms with van der Waals surface area (Å²) in [7, 11) is 0. The third kappa shape index (κ3) is 4.36. The van der Waals surface area contributed by atoms with Gasteiger partial charge in [-0.3, -0.25) is 0 Å². The fourth-order valence-corrected chi connectivity index (χ4v) is 2.69. The van der Waals surface area contributed by atoms with Crippen molar-refractivity contribution in [2.45, 2.75) is 39.2 Å². The Hall–Kier alpha value is 0.310. The largest absolute Gasteiger partial charge is 0.313 e. The molecule has 1 aliphatic heterocycles. The molecule has 1 atom stereocenters. The molecule has 0 bridgehead atoms. The van der Waals surface area contributed by atoms with Gasteiger partial charge < -0.3 is 5.32 Å². The Bertz CT molecular complexity index is 108. The molecule has 1 rings (SSSR count). The Morgan fingerprint density at radius 3 is 2.83 bits per heavy atom. The monoisotopic (exact) mass is 187 g/mol. The number of piperidine rings is 1. The van der Waals surface area contributed by atoms with Crippen molar-refractivity contribution in [1.29, 1.82) is 0 Å². The number of nitrogens with one attached hydrogen (secondary N) is 1. The van der Waals surface area contributed by atoms with Crippen molar-refractivity contribution >= 4 is 11.8 Å². The average Bonchev–Trinajstić information content (AvgIpc) is 2.05. The summed E-state index contributed by atoms with van der Waals surface area (Å²) in [6, 6.07) is 0.808. The van der Waals surface area contributed by atoms with Crippen LogP contribution in [-0.4, -0.2) is 24.1 Å². The Morgan fingerprint density at radius 1 is 1.42 bits per heavy atom. The smallest absolute Gasteiger partial charge is 0.0158 e. The van der Waals surface area contributed by atoms with Crippen LogP contribution in [0.3, 0.4) is 0 Å². The summed E-state index contributed by atoms with van der Waals surface area (Å²) >= 11 is 2.11. The van der Waals surface area contributed by atoms with E-state index in [0.717, 1.165) is 12.0 Å². The first-order valence-electron chi connectivity index (χ1n) is 5.10. The highest BCUT2D eigenvalue weighted by Crippen LogP contribution is 2.14. The fraction of sp³-hybridized carbons (Fsp3) is 1.00. The molecule has 1 nitrogen and oxygen atoms in total. The fourth-order valence-electron chi connectivity index (χ4n) is 1.51. The van der Waals surface area contributed by atoms with E-state index in [0.29, 0.717) is 0 Å². The molecule has 0 radical (unpaired) electrons. The summed E-state index contributed by atoms with van der Waals surface area (Å²) in [6.45, 7) is 5.83. The van der Waals surface area contributed by atoms with Gasteiger partial charge in [0.2, 0.25) is 0 Å². The van der Waals surface area contributed by atoms with Crippen molar-refractivity contribution in [3.05, 3.63) is 0 Å². The molecule has 0 aromatic carbocycles. The van der Waals surface area contributed by atoms with Crippen molar-refractivity contribution < 1.29 is 0 Å². The lowest BCUT2D eigenvalue weighted by Gasteiger charge is -2.23. The van der Waals surface area contributed by atoms with E-state index < -0.39 is 0 Å². The summed E-state index contributed by atoms with van der Waals surface area (Å²) in [4.78, 5) is 0. The normalized spacial score (nSPS) is 24.8. The highest BCUT2D eigenvalue weighted by Gasteiger charge is 2.11. The lowest BCUT2D eigenvalue weighted by atomic mass is 10.1. The molecule has 1 fully saturated rings. The third-order valence-corrected chi connectivity index (χ3v) is 3.72. The van der Waals surface area contributed by atoms with Crippen molar-refractivity contribution in [2.75, 3.05) is 18.1 Å². The second kappa shape index (κ2) is 5.87. The van der Waals surface area contributed by atoms with Gasteiger partial charge in [-0.1, -0.05) is 20.3 Å². The number of rotatable bonds is 4. The Balaban J connectivity index is 1.98. The molecule has 12 heavy (non-hydrogen) atoms. The quantitative estimate of drug-likeness (QED) is 0.726. The number of thioether (sulfide) groups is 1. The van der Waals surface area contributed by atoms with E-state index in [1.165, 1.54) is 37.3 Å². The van der Waals surface area contributed by atoms with Crippen LogP contribution in [0.25, 0.3) is 0 Å². The van der Waals surface area contributed by atoms with Gasteiger partial charge >= 0.3 is 0 Å². The highest BCUT2D eigenvalue weighted by molar-refractivity contribution is 7.99. The number of hydrogen-bond donors (Lipinski definition) is 1. The molecule has 2 heteroatoms. The summed E-state index contributed by atoms with van der Waals surface area (Å²) < 4.78 is 0. The molecule has 72 valence electrons. The van der Waals surface area contributed by atoms with E-state index in [-0.39, 0.29) is 0 Å². The maximum Gasteiger partial charge on any atom is 0.0158 e. The molecular weight excluding hydrogens is 166 g/mol. The Morgan fingerprint density at radius 2 is 2.25 bits per heavy atom. The van der Waals surface area contributed by atoms with Crippen LogP contribution < -0.4 is 5.32 Å². The van der Waals surface area contributed by atoms with Gasteiger partial charge in [0, 0.05) is 11.8 Å². The van der Waals surface area contributed by atoms with Gasteiger partial charge in [-0.25, -0.2) is 0 Å². The maximum absolute atomic E-state index is 3.57. The van der Waals surface area contributed by atoms with Gasteiger partial charge in [-0.2, -0.15) is 11.8 Å². The van der Waals surface area contributed by atoms with Gasteiger partial charge in [-0.15, -0.1) is 0 Å². The van der Waals surface area contributed by atoms with E-state index in [1.54, 1.807) is 0 Å². The molecule has 0 spiro atoms. The van der Waals surface area contributed by atoms with Crippen molar-refractivity contribution in [3.63, 3.8) is 0 Å². The van der Waals surface area contributed by atoms with Crippen molar-refractivity contribution in [1.82, 2.24) is 5.32 Å². The standard InChI is InChI=1S/C10H21NS/c1-9(2)7-12-8-10-5-3-4-6-11-10/h9-11H,3-8H2,1-2H3/t10-/m0/s1. The topological polar surface area (TPSA) is 12.0 Å². The van der Waals surface area contributed by atoms with Crippen LogP contribution in [0.1, 0.15) is 33.1 Å². The van der Waals surface area contributed by atoms with E-state index in [1.807, 2.05) is 0 Å². The molecule has 1 N–H and O–H groups in total. The molecule has 1 aliphatic rings. The van der Waals surface area contributed by atoms with Gasteiger partial charge in [0.15, 0.2) is 0 Å². The van der Waals surface area contributed by atoms with Crippen molar-refractivity contribution in [2.24, 2.45) is 5.92 Å². The van der Waals surface area contributed by atoms with E-state index in [9.17, 15) is 0 Å². The first-order valence-corrected chi connectivity index (χ1v) is 6.25. The minimum absolute atomic E-state index is 0.808. The predicted octanol–water partition coefficient (Wildman–Crippen LogP) is 2.52. The second-order valence-electron chi connectivity index (χ2n) is 4.08. The zero-order chi connectivity index (χ0) is 8.81. The second-order valence-corrected chi connectivity index (χ2v) is 5.15. The molecule has 0 aromatic rings. The third-order valence-electron chi connectivity index (χ3n) is 2.18. The number of hydrogen-bond acceptors (Lipinski definition) is 2. The van der Waals surface area contributed by atoms with E-state index >= 15 is 0 Å². The zero-order valence-electron chi connectivity index (χ0n) is 8.31. The van der Waals surface area contributed by atoms with Crippen LogP contribution in [0, 0.1) is 5.92 Å². The van der Waals surface area contributed by atoms with Gasteiger partial charge in [0.25, 0.3) is 0 Å².